The molecule has 2 heterocycles. The Hall–Kier alpha value is -3.34. The number of phenolic OH excluding ortho intramolecular Hbond substituents is 1. The van der Waals surface area contributed by atoms with Crippen LogP contribution >= 0.6 is 0 Å². The lowest BCUT2D eigenvalue weighted by atomic mass is 10.0. The minimum atomic E-state index is 0.216. The molecule has 0 atom stereocenters. The van der Waals surface area contributed by atoms with E-state index in [9.17, 15) is 10.2 Å². The highest BCUT2D eigenvalue weighted by atomic mass is 16.3. The van der Waals surface area contributed by atoms with E-state index < -0.39 is 0 Å². The van der Waals surface area contributed by atoms with Crippen LogP contribution in [0.5, 0.6) is 11.6 Å². The van der Waals surface area contributed by atoms with Gasteiger partial charge in [0.1, 0.15) is 11.4 Å². The van der Waals surface area contributed by atoms with Crippen LogP contribution in [0.3, 0.4) is 0 Å². The zero-order valence-corrected chi connectivity index (χ0v) is 16.8. The van der Waals surface area contributed by atoms with Crippen molar-refractivity contribution in [1.29, 1.82) is 0 Å². The summed E-state index contributed by atoms with van der Waals surface area (Å²) in [7, 11) is 0. The molecule has 2 aromatic heterocycles. The number of fused-ring (bicyclic) bond motifs is 1. The van der Waals surface area contributed by atoms with Gasteiger partial charge in [-0.1, -0.05) is 56.0 Å². The standard InChI is InChI=1S/C25H25N3O2/c29-20-12-10-19(11-13-20)23-16-28-24(21(26-23)14-17-6-2-1-3-7-17)27-22(25(28)30)15-18-8-4-5-9-18/h1-3,6-7,10-13,16,18,29-30H,4-5,8-9,14-15H2. The molecule has 0 amide bonds. The third-order valence-corrected chi connectivity index (χ3v) is 6.05. The largest absolute Gasteiger partial charge is 0.508 e. The minimum absolute atomic E-state index is 0.216. The Morgan fingerprint density at radius 3 is 2.33 bits per heavy atom. The summed E-state index contributed by atoms with van der Waals surface area (Å²) in [5, 5.41) is 20.6. The lowest BCUT2D eigenvalue weighted by Crippen LogP contribution is -2.01. The molecule has 30 heavy (non-hydrogen) atoms. The minimum Gasteiger partial charge on any atom is -0.508 e. The van der Waals surface area contributed by atoms with E-state index >= 15 is 0 Å². The third kappa shape index (κ3) is 3.63. The fourth-order valence-electron chi connectivity index (χ4n) is 4.45. The normalized spacial score (nSPS) is 14.5. The first-order valence-electron chi connectivity index (χ1n) is 10.6. The van der Waals surface area contributed by atoms with Gasteiger partial charge in [0.2, 0.25) is 5.88 Å². The molecular weight excluding hydrogens is 374 g/mol. The highest BCUT2D eigenvalue weighted by Crippen LogP contribution is 2.33. The number of benzene rings is 2. The lowest BCUT2D eigenvalue weighted by molar-refractivity contribution is 0.431. The maximum atomic E-state index is 11.0. The molecule has 152 valence electrons. The summed E-state index contributed by atoms with van der Waals surface area (Å²) in [5.41, 5.74) is 5.09. The zero-order chi connectivity index (χ0) is 20.5. The van der Waals surface area contributed by atoms with Gasteiger partial charge in [-0.25, -0.2) is 9.97 Å². The van der Waals surface area contributed by atoms with Crippen LogP contribution in [0.15, 0.2) is 60.8 Å². The average molecular weight is 399 g/mol. The van der Waals surface area contributed by atoms with Crippen LogP contribution in [0.2, 0.25) is 0 Å². The Labute approximate surface area is 175 Å². The van der Waals surface area contributed by atoms with Gasteiger partial charge in [-0.2, -0.15) is 0 Å². The van der Waals surface area contributed by atoms with Gasteiger partial charge in [-0.3, -0.25) is 4.40 Å². The highest BCUT2D eigenvalue weighted by molar-refractivity contribution is 5.63. The molecule has 2 aromatic carbocycles. The number of hydrogen-bond acceptors (Lipinski definition) is 4. The van der Waals surface area contributed by atoms with Crippen LogP contribution < -0.4 is 0 Å². The maximum absolute atomic E-state index is 11.0. The molecule has 5 rings (SSSR count). The van der Waals surface area contributed by atoms with E-state index in [-0.39, 0.29) is 11.6 Å². The van der Waals surface area contributed by atoms with Crippen molar-refractivity contribution in [3.8, 4) is 22.9 Å². The summed E-state index contributed by atoms with van der Waals surface area (Å²) in [6.07, 6.45) is 8.25. The average Bonchev–Trinajstić information content (AvgIpc) is 3.38. The Morgan fingerprint density at radius 2 is 1.60 bits per heavy atom. The van der Waals surface area contributed by atoms with E-state index in [0.29, 0.717) is 18.0 Å². The molecule has 1 fully saturated rings. The summed E-state index contributed by atoms with van der Waals surface area (Å²) < 4.78 is 1.78. The van der Waals surface area contributed by atoms with E-state index in [2.05, 4.69) is 12.1 Å². The van der Waals surface area contributed by atoms with Crippen LogP contribution in [-0.2, 0) is 12.8 Å². The predicted octanol–water partition coefficient (Wildman–Crippen LogP) is 5.13. The van der Waals surface area contributed by atoms with Gasteiger partial charge < -0.3 is 10.2 Å². The highest BCUT2D eigenvalue weighted by Gasteiger charge is 2.22. The summed E-state index contributed by atoms with van der Waals surface area (Å²) >= 11 is 0. The van der Waals surface area contributed by atoms with E-state index in [1.165, 1.54) is 25.7 Å². The monoisotopic (exact) mass is 399 g/mol. The second-order valence-corrected chi connectivity index (χ2v) is 8.21. The lowest BCUT2D eigenvalue weighted by Gasteiger charge is -2.09. The number of nitrogens with zero attached hydrogens (tertiary/aromatic N) is 3. The van der Waals surface area contributed by atoms with Crippen molar-refractivity contribution >= 4 is 5.65 Å². The van der Waals surface area contributed by atoms with Crippen molar-refractivity contribution in [1.82, 2.24) is 14.4 Å². The molecule has 1 saturated carbocycles. The number of aromatic nitrogens is 3. The fourth-order valence-corrected chi connectivity index (χ4v) is 4.45. The van der Waals surface area contributed by atoms with Crippen molar-refractivity contribution < 1.29 is 10.2 Å². The van der Waals surface area contributed by atoms with Crippen LogP contribution in [-0.4, -0.2) is 24.6 Å². The second-order valence-electron chi connectivity index (χ2n) is 8.21. The first kappa shape index (κ1) is 18.7. The molecule has 0 radical (unpaired) electrons. The van der Waals surface area contributed by atoms with Gasteiger partial charge in [0, 0.05) is 18.2 Å². The third-order valence-electron chi connectivity index (χ3n) is 6.05. The predicted molar refractivity (Wildman–Crippen MR) is 117 cm³/mol. The number of imidazole rings is 1. The van der Waals surface area contributed by atoms with Crippen molar-refractivity contribution in [2.45, 2.75) is 38.5 Å². The topological polar surface area (TPSA) is 70.7 Å². The van der Waals surface area contributed by atoms with E-state index in [1.54, 1.807) is 16.5 Å². The Morgan fingerprint density at radius 1 is 0.867 bits per heavy atom. The summed E-state index contributed by atoms with van der Waals surface area (Å²) in [6.45, 7) is 0. The summed E-state index contributed by atoms with van der Waals surface area (Å²) in [6, 6.07) is 17.2. The number of aromatic hydroxyl groups is 2. The second kappa shape index (κ2) is 7.82. The first-order valence-corrected chi connectivity index (χ1v) is 10.6. The van der Waals surface area contributed by atoms with Crippen molar-refractivity contribution in [2.24, 2.45) is 5.92 Å². The molecule has 0 bridgehead atoms. The zero-order valence-electron chi connectivity index (χ0n) is 16.8. The van der Waals surface area contributed by atoms with E-state index in [1.807, 2.05) is 36.5 Å². The van der Waals surface area contributed by atoms with Gasteiger partial charge in [0.05, 0.1) is 11.4 Å². The molecule has 5 heteroatoms. The number of hydrogen-bond donors (Lipinski definition) is 2. The van der Waals surface area contributed by atoms with Crippen LogP contribution in [0.25, 0.3) is 16.9 Å². The molecular formula is C25H25N3O2. The molecule has 1 aliphatic carbocycles. The van der Waals surface area contributed by atoms with Crippen molar-refractivity contribution in [3.05, 3.63) is 77.7 Å². The first-order chi connectivity index (χ1) is 14.7. The van der Waals surface area contributed by atoms with Gasteiger partial charge in [0.15, 0.2) is 5.65 Å². The molecule has 0 saturated heterocycles. The van der Waals surface area contributed by atoms with Crippen molar-refractivity contribution in [3.63, 3.8) is 0 Å². The fraction of sp³-hybridized carbons (Fsp3) is 0.280. The smallest absolute Gasteiger partial charge is 0.219 e. The van der Waals surface area contributed by atoms with Crippen molar-refractivity contribution in [2.75, 3.05) is 0 Å². The van der Waals surface area contributed by atoms with Gasteiger partial charge in [0.25, 0.3) is 0 Å². The molecule has 5 nitrogen and oxygen atoms in total. The molecule has 0 spiro atoms. The van der Waals surface area contributed by atoms with Crippen LogP contribution in [0, 0.1) is 5.92 Å². The maximum Gasteiger partial charge on any atom is 0.219 e. The molecule has 0 aliphatic heterocycles. The van der Waals surface area contributed by atoms with Gasteiger partial charge >= 0.3 is 0 Å². The molecule has 4 aromatic rings. The van der Waals surface area contributed by atoms with E-state index in [0.717, 1.165) is 34.6 Å². The number of rotatable bonds is 5. The Bertz CT molecular complexity index is 1160. The Kier molecular flexibility index (Phi) is 4.87. The molecule has 0 unspecified atom stereocenters. The van der Waals surface area contributed by atoms with Crippen LogP contribution in [0.4, 0.5) is 0 Å². The van der Waals surface area contributed by atoms with Gasteiger partial charge in [-0.15, -0.1) is 0 Å². The molecule has 1 aliphatic rings. The van der Waals surface area contributed by atoms with Gasteiger partial charge in [-0.05, 0) is 42.2 Å². The van der Waals surface area contributed by atoms with E-state index in [4.69, 9.17) is 9.97 Å². The summed E-state index contributed by atoms with van der Waals surface area (Å²) in [5.74, 6) is 1.03. The SMILES string of the molecule is Oc1ccc(-c2cn3c(O)c(CC4CCCC4)nc3c(Cc3ccccc3)n2)cc1. The molecule has 2 N–H and O–H groups in total. The quantitative estimate of drug-likeness (QED) is 0.488. The summed E-state index contributed by atoms with van der Waals surface area (Å²) in [4.78, 5) is 9.74. The Balaban J connectivity index is 1.62. The van der Waals surface area contributed by atoms with Crippen LogP contribution in [0.1, 0.15) is 42.6 Å². The number of phenols is 1.